The minimum Gasteiger partial charge on any atom is -0.489 e. The number of amides is 1. The molecule has 0 spiro atoms. The largest absolute Gasteiger partial charge is 0.489 e. The number of anilines is 1. The Labute approximate surface area is 206 Å². The Kier molecular flexibility index (Phi) is 5.50. The molecule has 0 radical (unpaired) electrons. The van der Waals surface area contributed by atoms with E-state index in [0.717, 1.165) is 16.6 Å². The average molecular weight is 479 g/mol. The third kappa shape index (κ3) is 4.11. The van der Waals surface area contributed by atoms with Crippen LogP contribution in [-0.4, -0.2) is 17.3 Å². The number of rotatable bonds is 6. The lowest BCUT2D eigenvalue weighted by atomic mass is 10.1. The molecule has 0 bridgehead atoms. The van der Waals surface area contributed by atoms with Crippen molar-refractivity contribution in [1.29, 1.82) is 0 Å². The standard InChI is InChI=1S/C29H22N2O5/c32-28(16-31-24-10-3-1-8-22(24)29(33)23-9-2-4-11-25(23)31)30-20-7-5-6-19(14-20)17-34-21-12-13-26-27(15-21)36-18-35-26/h1-15H,16-18H2,(H,30,32). The summed E-state index contributed by atoms with van der Waals surface area (Å²) >= 11 is 0. The molecular weight excluding hydrogens is 456 g/mol. The van der Waals surface area contributed by atoms with E-state index in [-0.39, 0.29) is 24.7 Å². The first-order valence-corrected chi connectivity index (χ1v) is 11.6. The van der Waals surface area contributed by atoms with E-state index in [1.807, 2.05) is 77.4 Å². The minimum atomic E-state index is -0.192. The van der Waals surface area contributed by atoms with Crippen LogP contribution in [-0.2, 0) is 17.9 Å². The van der Waals surface area contributed by atoms with Crippen LogP contribution in [0.15, 0.2) is 95.8 Å². The zero-order valence-corrected chi connectivity index (χ0v) is 19.3. The van der Waals surface area contributed by atoms with Crippen LogP contribution in [0.3, 0.4) is 0 Å². The second-order valence-electron chi connectivity index (χ2n) is 8.50. The molecule has 0 saturated heterocycles. The first-order chi connectivity index (χ1) is 17.7. The van der Waals surface area contributed by atoms with Crippen LogP contribution in [0.4, 0.5) is 5.69 Å². The van der Waals surface area contributed by atoms with E-state index in [9.17, 15) is 9.59 Å². The molecule has 1 aliphatic heterocycles. The SMILES string of the molecule is O=C(Cn1c2ccccc2c(=O)c2ccccc21)Nc1cccc(COc2ccc3c(c2)OCO3)c1. The second-order valence-corrected chi connectivity index (χ2v) is 8.50. The Morgan fingerprint density at radius 2 is 1.56 bits per heavy atom. The van der Waals surface area contributed by atoms with E-state index in [2.05, 4.69) is 5.32 Å². The summed E-state index contributed by atoms with van der Waals surface area (Å²) in [4.78, 5) is 26.0. The summed E-state index contributed by atoms with van der Waals surface area (Å²) < 4.78 is 18.5. The molecule has 178 valence electrons. The number of benzene rings is 4. The number of aromatic nitrogens is 1. The van der Waals surface area contributed by atoms with Crippen molar-refractivity contribution < 1.29 is 19.0 Å². The summed E-state index contributed by atoms with van der Waals surface area (Å²) in [6.45, 7) is 0.614. The first kappa shape index (κ1) is 21.7. The zero-order chi connectivity index (χ0) is 24.5. The maximum atomic E-state index is 13.1. The molecule has 2 heterocycles. The van der Waals surface area contributed by atoms with Crippen LogP contribution >= 0.6 is 0 Å². The molecule has 0 atom stereocenters. The summed E-state index contributed by atoms with van der Waals surface area (Å²) in [7, 11) is 0. The van der Waals surface area contributed by atoms with E-state index in [4.69, 9.17) is 14.2 Å². The van der Waals surface area contributed by atoms with E-state index in [1.54, 1.807) is 18.2 Å². The Hall–Kier alpha value is -4.78. The van der Waals surface area contributed by atoms with Gasteiger partial charge in [-0.15, -0.1) is 0 Å². The van der Waals surface area contributed by atoms with Gasteiger partial charge in [-0.05, 0) is 54.1 Å². The second kappa shape index (κ2) is 9.11. The molecule has 36 heavy (non-hydrogen) atoms. The normalized spacial score (nSPS) is 12.1. The predicted octanol–water partition coefficient (Wildman–Crippen LogP) is 5.10. The summed E-state index contributed by atoms with van der Waals surface area (Å²) in [6, 6.07) is 27.7. The van der Waals surface area contributed by atoms with Crippen molar-refractivity contribution in [1.82, 2.24) is 4.57 Å². The van der Waals surface area contributed by atoms with Crippen molar-refractivity contribution in [3.05, 3.63) is 107 Å². The molecule has 1 aromatic heterocycles. The zero-order valence-electron chi connectivity index (χ0n) is 19.3. The maximum absolute atomic E-state index is 13.1. The monoisotopic (exact) mass is 478 g/mol. The molecule has 1 amide bonds. The van der Waals surface area contributed by atoms with Crippen molar-refractivity contribution in [3.8, 4) is 17.2 Å². The molecule has 0 unspecified atom stereocenters. The van der Waals surface area contributed by atoms with Gasteiger partial charge in [0.15, 0.2) is 16.9 Å². The van der Waals surface area contributed by atoms with Gasteiger partial charge < -0.3 is 24.1 Å². The van der Waals surface area contributed by atoms with Crippen LogP contribution in [0.2, 0.25) is 0 Å². The number of pyridine rings is 1. The van der Waals surface area contributed by atoms with Crippen molar-refractivity contribution >= 4 is 33.4 Å². The number of para-hydroxylation sites is 2. The molecule has 7 nitrogen and oxygen atoms in total. The number of carbonyl (C=O) groups is 1. The highest BCUT2D eigenvalue weighted by molar-refractivity contribution is 5.97. The third-order valence-corrected chi connectivity index (χ3v) is 6.14. The van der Waals surface area contributed by atoms with Crippen molar-refractivity contribution in [2.24, 2.45) is 0 Å². The molecule has 5 aromatic rings. The molecule has 4 aromatic carbocycles. The third-order valence-electron chi connectivity index (χ3n) is 6.14. The number of nitrogens with one attached hydrogen (secondary N) is 1. The van der Waals surface area contributed by atoms with Crippen molar-refractivity contribution in [2.75, 3.05) is 12.1 Å². The van der Waals surface area contributed by atoms with Gasteiger partial charge in [-0.2, -0.15) is 0 Å². The number of hydrogen-bond donors (Lipinski definition) is 1. The van der Waals surface area contributed by atoms with Gasteiger partial charge in [-0.25, -0.2) is 0 Å². The molecular formula is C29H22N2O5. The summed E-state index contributed by atoms with van der Waals surface area (Å²) in [5.41, 5.74) is 2.99. The van der Waals surface area contributed by atoms with Crippen LogP contribution in [0.5, 0.6) is 17.2 Å². The van der Waals surface area contributed by atoms with E-state index in [1.165, 1.54) is 0 Å². The number of hydrogen-bond acceptors (Lipinski definition) is 5. The van der Waals surface area contributed by atoms with Gasteiger partial charge in [-0.3, -0.25) is 9.59 Å². The lowest BCUT2D eigenvalue weighted by Crippen LogP contribution is -2.21. The molecule has 1 N–H and O–H groups in total. The van der Waals surface area contributed by atoms with Gasteiger partial charge in [0.25, 0.3) is 0 Å². The fraction of sp³-hybridized carbons (Fsp3) is 0.103. The number of ether oxygens (including phenoxy) is 3. The fourth-order valence-electron chi connectivity index (χ4n) is 4.46. The number of carbonyl (C=O) groups excluding carboxylic acids is 1. The van der Waals surface area contributed by atoms with Crippen LogP contribution in [0.1, 0.15) is 5.56 Å². The molecule has 0 aliphatic carbocycles. The highest BCUT2D eigenvalue weighted by Crippen LogP contribution is 2.35. The van der Waals surface area contributed by atoms with Gasteiger partial charge in [0.2, 0.25) is 12.7 Å². The molecule has 6 rings (SSSR count). The topological polar surface area (TPSA) is 78.8 Å². The van der Waals surface area contributed by atoms with Crippen molar-refractivity contribution in [3.63, 3.8) is 0 Å². The average Bonchev–Trinajstić information content (AvgIpc) is 3.38. The predicted molar refractivity (Wildman–Crippen MR) is 138 cm³/mol. The summed E-state index contributed by atoms with van der Waals surface area (Å²) in [5, 5.41) is 4.16. The minimum absolute atomic E-state index is 0.0342. The lowest BCUT2D eigenvalue weighted by Gasteiger charge is -2.15. The Balaban J connectivity index is 1.20. The van der Waals surface area contributed by atoms with Crippen molar-refractivity contribution in [2.45, 2.75) is 13.2 Å². The summed E-state index contributed by atoms with van der Waals surface area (Å²) in [5.74, 6) is 1.85. The smallest absolute Gasteiger partial charge is 0.244 e. The van der Waals surface area contributed by atoms with Gasteiger partial charge in [0.05, 0.1) is 11.0 Å². The van der Waals surface area contributed by atoms with Crippen LogP contribution in [0.25, 0.3) is 21.8 Å². The highest BCUT2D eigenvalue weighted by Gasteiger charge is 2.15. The number of fused-ring (bicyclic) bond motifs is 3. The Morgan fingerprint density at radius 1 is 0.833 bits per heavy atom. The van der Waals surface area contributed by atoms with E-state index in [0.29, 0.717) is 40.3 Å². The van der Waals surface area contributed by atoms with Gasteiger partial charge >= 0.3 is 0 Å². The van der Waals surface area contributed by atoms with Gasteiger partial charge in [-0.1, -0.05) is 36.4 Å². The number of nitrogens with zero attached hydrogens (tertiary/aromatic N) is 1. The lowest BCUT2D eigenvalue weighted by molar-refractivity contribution is -0.116. The van der Waals surface area contributed by atoms with E-state index < -0.39 is 0 Å². The van der Waals surface area contributed by atoms with E-state index >= 15 is 0 Å². The van der Waals surface area contributed by atoms with Gasteiger partial charge in [0.1, 0.15) is 18.9 Å². The Morgan fingerprint density at radius 3 is 2.33 bits per heavy atom. The highest BCUT2D eigenvalue weighted by atomic mass is 16.7. The summed E-state index contributed by atoms with van der Waals surface area (Å²) in [6.07, 6.45) is 0. The first-order valence-electron chi connectivity index (χ1n) is 11.6. The molecule has 7 heteroatoms. The fourth-order valence-corrected chi connectivity index (χ4v) is 4.46. The molecule has 0 fully saturated rings. The van der Waals surface area contributed by atoms with Crippen LogP contribution < -0.4 is 25.0 Å². The Bertz CT molecular complexity index is 1610. The quantitative estimate of drug-likeness (QED) is 0.344. The van der Waals surface area contributed by atoms with Crippen LogP contribution in [0, 0.1) is 0 Å². The van der Waals surface area contributed by atoms with Gasteiger partial charge in [0, 0.05) is 22.5 Å². The maximum Gasteiger partial charge on any atom is 0.244 e. The molecule has 0 saturated carbocycles. The molecule has 1 aliphatic rings.